The first-order valence-electron chi connectivity index (χ1n) is 6.62. The topological polar surface area (TPSA) is 95.5 Å². The van der Waals surface area contributed by atoms with Crippen LogP contribution in [0.15, 0.2) is 0 Å². The fourth-order valence-electron chi connectivity index (χ4n) is 1.78. The molecule has 1 saturated carbocycles. The Labute approximate surface area is 112 Å². The first-order chi connectivity index (χ1) is 8.80. The Bertz CT molecular complexity index is 383. The van der Waals surface area contributed by atoms with Crippen molar-refractivity contribution in [2.45, 2.75) is 45.6 Å². The average Bonchev–Trinajstić information content (AvgIpc) is 3.05. The van der Waals surface area contributed by atoms with E-state index in [1.807, 2.05) is 6.92 Å². The second-order valence-electron chi connectivity index (χ2n) is 5.40. The lowest BCUT2D eigenvalue weighted by Crippen LogP contribution is -2.52. The number of hydrogen-bond donors (Lipinski definition) is 3. The summed E-state index contributed by atoms with van der Waals surface area (Å²) in [5.41, 5.74) is -1.24. The summed E-state index contributed by atoms with van der Waals surface area (Å²) < 4.78 is 0. The van der Waals surface area contributed by atoms with E-state index in [1.54, 1.807) is 6.92 Å². The summed E-state index contributed by atoms with van der Waals surface area (Å²) in [7, 11) is 0. The third-order valence-corrected chi connectivity index (χ3v) is 3.69. The molecule has 0 aromatic heterocycles. The Morgan fingerprint density at radius 2 is 1.95 bits per heavy atom. The third-order valence-electron chi connectivity index (χ3n) is 3.69. The molecule has 19 heavy (non-hydrogen) atoms. The maximum Gasteiger partial charge on any atom is 0.329 e. The molecule has 6 nitrogen and oxygen atoms in total. The van der Waals surface area contributed by atoms with Crippen LogP contribution < -0.4 is 10.6 Å². The van der Waals surface area contributed by atoms with Gasteiger partial charge in [-0.05, 0) is 25.7 Å². The van der Waals surface area contributed by atoms with Gasteiger partial charge in [-0.1, -0.05) is 13.8 Å². The molecule has 0 aromatic carbocycles. The van der Waals surface area contributed by atoms with Gasteiger partial charge in [-0.15, -0.1) is 0 Å². The van der Waals surface area contributed by atoms with Crippen molar-refractivity contribution in [3.05, 3.63) is 0 Å². The van der Waals surface area contributed by atoms with Crippen LogP contribution in [0.5, 0.6) is 0 Å². The van der Waals surface area contributed by atoms with Crippen LogP contribution in [0.3, 0.4) is 0 Å². The summed E-state index contributed by atoms with van der Waals surface area (Å²) in [4.78, 5) is 34.2. The van der Waals surface area contributed by atoms with Gasteiger partial charge in [-0.3, -0.25) is 9.59 Å². The monoisotopic (exact) mass is 270 g/mol. The highest BCUT2D eigenvalue weighted by Crippen LogP contribution is 2.37. The molecular weight excluding hydrogens is 248 g/mol. The molecule has 0 aromatic rings. The number of rotatable bonds is 7. The number of carbonyl (C=O) groups excluding carboxylic acids is 2. The number of carboxylic acid groups (broad SMARTS) is 1. The number of nitrogens with one attached hydrogen (secondary N) is 2. The lowest BCUT2D eigenvalue weighted by molar-refractivity contribution is -0.147. The molecule has 3 N–H and O–H groups in total. The molecule has 1 rings (SSSR count). The molecule has 0 bridgehead atoms. The summed E-state index contributed by atoms with van der Waals surface area (Å²) in [5.74, 6) is -0.918. The zero-order valence-electron chi connectivity index (χ0n) is 11.7. The summed E-state index contributed by atoms with van der Waals surface area (Å²) in [6, 6.07) is 0. The van der Waals surface area contributed by atoms with Crippen LogP contribution in [-0.4, -0.2) is 35.0 Å². The summed E-state index contributed by atoms with van der Waals surface area (Å²) in [6.07, 6.45) is 1.31. The quantitative estimate of drug-likeness (QED) is 0.628. The molecule has 108 valence electrons. The lowest BCUT2D eigenvalue weighted by atomic mass is 9.99. The van der Waals surface area contributed by atoms with E-state index in [0.29, 0.717) is 12.3 Å². The number of carboxylic acids is 1. The largest absolute Gasteiger partial charge is 0.480 e. The van der Waals surface area contributed by atoms with Crippen molar-refractivity contribution in [3.63, 3.8) is 0 Å². The highest BCUT2D eigenvalue weighted by molar-refractivity contribution is 5.87. The summed E-state index contributed by atoms with van der Waals surface area (Å²) in [6.45, 7) is 5.42. The first-order valence-corrected chi connectivity index (χ1v) is 6.62. The van der Waals surface area contributed by atoms with Gasteiger partial charge in [-0.2, -0.15) is 0 Å². The van der Waals surface area contributed by atoms with E-state index >= 15 is 0 Å². The van der Waals surface area contributed by atoms with E-state index < -0.39 is 11.5 Å². The summed E-state index contributed by atoms with van der Waals surface area (Å²) in [5, 5.41) is 14.2. The molecule has 0 aliphatic heterocycles. The maximum atomic E-state index is 11.6. The number of amides is 2. The van der Waals surface area contributed by atoms with Crippen LogP contribution in [0.25, 0.3) is 0 Å². The van der Waals surface area contributed by atoms with Crippen LogP contribution in [0.2, 0.25) is 0 Å². The lowest BCUT2D eigenvalue weighted by Gasteiger charge is -2.24. The predicted molar refractivity (Wildman–Crippen MR) is 69.4 cm³/mol. The first kappa shape index (κ1) is 15.5. The molecular formula is C13H22N2O4. The number of aliphatic carboxylic acids is 1. The minimum atomic E-state index is -1.24. The standard InChI is InChI=1S/C13H22N2O4/c1-4-13(3,12(18)19)15-10(16)5-6-14-11(17)9-7-8(9)2/h8-9H,4-7H2,1-3H3,(H,14,17)(H,15,16)(H,18,19). The fourth-order valence-corrected chi connectivity index (χ4v) is 1.78. The number of carbonyl (C=O) groups is 3. The van der Waals surface area contributed by atoms with Crippen LogP contribution >= 0.6 is 0 Å². The van der Waals surface area contributed by atoms with Crippen molar-refractivity contribution >= 4 is 17.8 Å². The van der Waals surface area contributed by atoms with E-state index in [-0.39, 0.29) is 30.7 Å². The molecule has 3 unspecified atom stereocenters. The molecule has 2 amide bonds. The van der Waals surface area contributed by atoms with Crippen LogP contribution in [-0.2, 0) is 14.4 Å². The van der Waals surface area contributed by atoms with Crippen molar-refractivity contribution in [1.82, 2.24) is 10.6 Å². The Morgan fingerprint density at radius 3 is 2.37 bits per heavy atom. The van der Waals surface area contributed by atoms with Gasteiger partial charge in [-0.25, -0.2) is 4.79 Å². The third kappa shape index (κ3) is 4.22. The van der Waals surface area contributed by atoms with Gasteiger partial charge in [0.25, 0.3) is 0 Å². The van der Waals surface area contributed by atoms with Crippen molar-refractivity contribution < 1.29 is 19.5 Å². The van der Waals surface area contributed by atoms with Gasteiger partial charge in [0.15, 0.2) is 0 Å². The van der Waals surface area contributed by atoms with Gasteiger partial charge in [0, 0.05) is 18.9 Å². The van der Waals surface area contributed by atoms with Gasteiger partial charge in [0.05, 0.1) is 0 Å². The molecule has 6 heteroatoms. The second-order valence-corrected chi connectivity index (χ2v) is 5.40. The van der Waals surface area contributed by atoms with Crippen molar-refractivity contribution in [3.8, 4) is 0 Å². The number of hydrogen-bond acceptors (Lipinski definition) is 3. The average molecular weight is 270 g/mol. The minimum absolute atomic E-state index is 0.0169. The molecule has 3 atom stereocenters. The van der Waals surface area contributed by atoms with Crippen LogP contribution in [0, 0.1) is 11.8 Å². The van der Waals surface area contributed by atoms with E-state index in [9.17, 15) is 14.4 Å². The molecule has 0 radical (unpaired) electrons. The van der Waals surface area contributed by atoms with Gasteiger partial charge in [0.2, 0.25) is 11.8 Å². The maximum absolute atomic E-state index is 11.6. The Kier molecular flexibility index (Phi) is 4.91. The Hall–Kier alpha value is -1.59. The van der Waals surface area contributed by atoms with Gasteiger partial charge in [0.1, 0.15) is 5.54 Å². The molecule has 1 aliphatic carbocycles. The Balaban J connectivity index is 2.27. The normalized spacial score (nSPS) is 24.2. The van der Waals surface area contributed by atoms with Crippen molar-refractivity contribution in [2.24, 2.45) is 11.8 Å². The highest BCUT2D eigenvalue weighted by atomic mass is 16.4. The van der Waals surface area contributed by atoms with E-state index in [4.69, 9.17) is 5.11 Å². The predicted octanol–water partition coefficient (Wildman–Crippen LogP) is 0.518. The van der Waals surface area contributed by atoms with Crippen LogP contribution in [0.4, 0.5) is 0 Å². The molecule has 0 spiro atoms. The van der Waals surface area contributed by atoms with E-state index in [2.05, 4.69) is 10.6 Å². The molecule has 1 fully saturated rings. The summed E-state index contributed by atoms with van der Waals surface area (Å²) >= 11 is 0. The minimum Gasteiger partial charge on any atom is -0.480 e. The van der Waals surface area contributed by atoms with Gasteiger partial charge < -0.3 is 15.7 Å². The smallest absolute Gasteiger partial charge is 0.329 e. The highest BCUT2D eigenvalue weighted by Gasteiger charge is 2.39. The Morgan fingerprint density at radius 1 is 1.37 bits per heavy atom. The molecule has 0 heterocycles. The zero-order valence-corrected chi connectivity index (χ0v) is 11.7. The van der Waals surface area contributed by atoms with Gasteiger partial charge >= 0.3 is 5.97 Å². The van der Waals surface area contributed by atoms with Crippen LogP contribution in [0.1, 0.15) is 40.0 Å². The van der Waals surface area contributed by atoms with Crippen molar-refractivity contribution in [1.29, 1.82) is 0 Å². The van der Waals surface area contributed by atoms with E-state index in [0.717, 1.165) is 6.42 Å². The molecule has 1 aliphatic rings. The van der Waals surface area contributed by atoms with E-state index in [1.165, 1.54) is 6.92 Å². The SMILES string of the molecule is CCC(C)(NC(=O)CCNC(=O)C1CC1C)C(=O)O. The van der Waals surface area contributed by atoms with Crippen molar-refractivity contribution in [2.75, 3.05) is 6.54 Å². The zero-order chi connectivity index (χ0) is 14.6. The second kappa shape index (κ2) is 6.04. The fraction of sp³-hybridized carbons (Fsp3) is 0.769. The molecule has 0 saturated heterocycles.